The van der Waals surface area contributed by atoms with E-state index in [2.05, 4.69) is 28.4 Å². The lowest BCUT2D eigenvalue weighted by atomic mass is 10.2. The summed E-state index contributed by atoms with van der Waals surface area (Å²) in [6, 6.07) is 0.903. The lowest BCUT2D eigenvalue weighted by molar-refractivity contribution is -0.131. The van der Waals surface area contributed by atoms with Crippen molar-refractivity contribution in [1.82, 2.24) is 20.2 Å². The van der Waals surface area contributed by atoms with Crippen molar-refractivity contribution in [1.29, 1.82) is 0 Å². The number of anilines is 1. The Morgan fingerprint density at radius 2 is 1.83 bits per heavy atom. The quantitative estimate of drug-likeness (QED) is 0.724. The molecule has 1 aromatic heterocycles. The zero-order valence-corrected chi connectivity index (χ0v) is 14.7. The fourth-order valence-corrected chi connectivity index (χ4v) is 2.04. The number of carbonyl (C=O) groups is 2. The Kier molecular flexibility index (Phi) is 7.10. The molecular weight excluding hydrogens is 306 g/mol. The number of nitrogens with one attached hydrogen (secondary N) is 1. The van der Waals surface area contributed by atoms with Gasteiger partial charge in [0.25, 0.3) is 5.91 Å². The Hall–Kier alpha value is -2.70. The third-order valence-electron chi connectivity index (χ3n) is 3.20. The standard InChI is InChI=1S/C17H25N5O2/c1-7-9-22(10-8-2)16(24)13(4)19-15(23)14-11-12(3)18-17(20-14)21(5)6/h7-8,11,13H,1-2,9-10H2,3-6H3,(H,19,23). The van der Waals surface area contributed by atoms with Crippen molar-refractivity contribution in [3.8, 4) is 0 Å². The molecule has 0 aromatic carbocycles. The monoisotopic (exact) mass is 331 g/mol. The van der Waals surface area contributed by atoms with Crippen molar-refractivity contribution in [2.45, 2.75) is 19.9 Å². The highest BCUT2D eigenvalue weighted by Crippen LogP contribution is 2.08. The molecule has 0 aliphatic carbocycles. The van der Waals surface area contributed by atoms with E-state index < -0.39 is 11.9 Å². The molecule has 130 valence electrons. The molecule has 2 amide bonds. The first-order valence-electron chi connectivity index (χ1n) is 7.64. The van der Waals surface area contributed by atoms with Crippen LogP contribution in [-0.2, 0) is 4.79 Å². The third-order valence-corrected chi connectivity index (χ3v) is 3.20. The number of hydrogen-bond acceptors (Lipinski definition) is 5. The van der Waals surface area contributed by atoms with Crippen LogP contribution in [0.2, 0.25) is 0 Å². The number of aryl methyl sites for hydroxylation is 1. The number of nitrogens with zero attached hydrogens (tertiary/aromatic N) is 4. The van der Waals surface area contributed by atoms with Crippen LogP contribution in [0.5, 0.6) is 0 Å². The Balaban J connectivity index is 2.88. The summed E-state index contributed by atoms with van der Waals surface area (Å²) in [5, 5.41) is 2.68. The van der Waals surface area contributed by atoms with Gasteiger partial charge in [-0.1, -0.05) is 12.2 Å². The van der Waals surface area contributed by atoms with E-state index in [1.165, 1.54) is 0 Å². The zero-order valence-electron chi connectivity index (χ0n) is 14.7. The van der Waals surface area contributed by atoms with Crippen LogP contribution in [0.15, 0.2) is 31.4 Å². The van der Waals surface area contributed by atoms with E-state index in [1.54, 1.807) is 56.0 Å². The first-order valence-corrected chi connectivity index (χ1v) is 7.64. The molecule has 0 aliphatic heterocycles. The molecule has 1 atom stereocenters. The Morgan fingerprint density at radius 3 is 2.33 bits per heavy atom. The molecule has 7 heteroatoms. The summed E-state index contributed by atoms with van der Waals surface area (Å²) in [5.41, 5.74) is 0.905. The Morgan fingerprint density at radius 1 is 1.25 bits per heavy atom. The van der Waals surface area contributed by atoms with Crippen molar-refractivity contribution in [3.63, 3.8) is 0 Å². The fraction of sp³-hybridized carbons (Fsp3) is 0.412. The third kappa shape index (κ3) is 5.19. The van der Waals surface area contributed by atoms with E-state index in [0.717, 1.165) is 0 Å². The predicted molar refractivity (Wildman–Crippen MR) is 95.0 cm³/mol. The number of carbonyl (C=O) groups excluding carboxylic acids is 2. The zero-order chi connectivity index (χ0) is 18.3. The van der Waals surface area contributed by atoms with E-state index in [1.807, 2.05) is 0 Å². The Labute approximate surface area is 143 Å². The van der Waals surface area contributed by atoms with Gasteiger partial charge in [0.15, 0.2) is 0 Å². The molecule has 24 heavy (non-hydrogen) atoms. The fourth-order valence-electron chi connectivity index (χ4n) is 2.04. The smallest absolute Gasteiger partial charge is 0.270 e. The topological polar surface area (TPSA) is 78.4 Å². The SMILES string of the molecule is C=CCN(CC=C)C(=O)C(C)NC(=O)c1cc(C)nc(N(C)C)n1. The second kappa shape index (κ2) is 8.81. The minimum atomic E-state index is -0.685. The minimum Gasteiger partial charge on any atom is -0.347 e. The molecule has 0 saturated heterocycles. The highest BCUT2D eigenvalue weighted by molar-refractivity contribution is 5.96. The van der Waals surface area contributed by atoms with Gasteiger partial charge in [-0.15, -0.1) is 13.2 Å². The van der Waals surface area contributed by atoms with Crippen LogP contribution in [0.4, 0.5) is 5.95 Å². The average Bonchev–Trinajstić information content (AvgIpc) is 2.53. The minimum absolute atomic E-state index is 0.207. The van der Waals surface area contributed by atoms with Crippen molar-refractivity contribution >= 4 is 17.8 Å². The molecule has 0 aliphatic rings. The first kappa shape index (κ1) is 19.3. The van der Waals surface area contributed by atoms with Crippen LogP contribution < -0.4 is 10.2 Å². The van der Waals surface area contributed by atoms with Crippen molar-refractivity contribution in [3.05, 3.63) is 42.8 Å². The molecular formula is C17H25N5O2. The highest BCUT2D eigenvalue weighted by Gasteiger charge is 2.22. The second-order valence-corrected chi connectivity index (χ2v) is 5.60. The molecule has 7 nitrogen and oxygen atoms in total. The van der Waals surface area contributed by atoms with E-state index in [-0.39, 0.29) is 11.6 Å². The molecule has 1 N–H and O–H groups in total. The molecule has 0 bridgehead atoms. The van der Waals surface area contributed by atoms with Gasteiger partial charge in [-0.2, -0.15) is 0 Å². The summed E-state index contributed by atoms with van der Waals surface area (Å²) in [6.45, 7) is 11.5. The Bertz CT molecular complexity index is 617. The van der Waals surface area contributed by atoms with Crippen LogP contribution in [-0.4, -0.2) is 59.9 Å². The lowest BCUT2D eigenvalue weighted by Crippen LogP contribution is -2.47. The van der Waals surface area contributed by atoms with E-state index >= 15 is 0 Å². The van der Waals surface area contributed by atoms with Gasteiger partial charge >= 0.3 is 0 Å². The predicted octanol–water partition coefficient (Wildman–Crippen LogP) is 1.17. The number of rotatable bonds is 8. The van der Waals surface area contributed by atoms with Crippen molar-refractivity contribution in [2.24, 2.45) is 0 Å². The summed E-state index contributed by atoms with van der Waals surface area (Å²) in [7, 11) is 3.59. The summed E-state index contributed by atoms with van der Waals surface area (Å²) >= 11 is 0. The van der Waals surface area contributed by atoms with Gasteiger partial charge in [0, 0.05) is 32.9 Å². The van der Waals surface area contributed by atoms with Crippen LogP contribution in [0.3, 0.4) is 0 Å². The molecule has 1 rings (SSSR count). The van der Waals surface area contributed by atoms with E-state index in [4.69, 9.17) is 0 Å². The van der Waals surface area contributed by atoms with Crippen LogP contribution >= 0.6 is 0 Å². The number of hydrogen-bond donors (Lipinski definition) is 1. The number of aromatic nitrogens is 2. The van der Waals surface area contributed by atoms with Gasteiger partial charge in [0.1, 0.15) is 11.7 Å². The molecule has 1 aromatic rings. The van der Waals surface area contributed by atoms with Gasteiger partial charge in [0.05, 0.1) is 0 Å². The van der Waals surface area contributed by atoms with Crippen molar-refractivity contribution < 1.29 is 9.59 Å². The van der Waals surface area contributed by atoms with Crippen molar-refractivity contribution in [2.75, 3.05) is 32.1 Å². The van der Waals surface area contributed by atoms with E-state index in [0.29, 0.717) is 24.7 Å². The average molecular weight is 331 g/mol. The number of amides is 2. The van der Waals surface area contributed by atoms with Crippen LogP contribution in [0.25, 0.3) is 0 Å². The van der Waals surface area contributed by atoms with Gasteiger partial charge in [-0.3, -0.25) is 9.59 Å². The summed E-state index contributed by atoms with van der Waals surface area (Å²) < 4.78 is 0. The summed E-state index contributed by atoms with van der Waals surface area (Å²) in [5.74, 6) is -0.178. The normalized spacial score (nSPS) is 11.3. The molecule has 1 unspecified atom stereocenters. The van der Waals surface area contributed by atoms with Gasteiger partial charge in [-0.25, -0.2) is 9.97 Å². The molecule has 0 fully saturated rings. The maximum absolute atomic E-state index is 12.4. The maximum Gasteiger partial charge on any atom is 0.270 e. The molecule has 0 saturated carbocycles. The first-order chi connectivity index (χ1) is 11.3. The maximum atomic E-state index is 12.4. The van der Waals surface area contributed by atoms with Gasteiger partial charge in [0.2, 0.25) is 11.9 Å². The molecule has 1 heterocycles. The summed E-state index contributed by atoms with van der Waals surface area (Å²) in [4.78, 5) is 36.5. The second-order valence-electron chi connectivity index (χ2n) is 5.60. The van der Waals surface area contributed by atoms with Crippen LogP contribution in [0.1, 0.15) is 23.1 Å². The highest BCUT2D eigenvalue weighted by atomic mass is 16.2. The molecule has 0 spiro atoms. The largest absolute Gasteiger partial charge is 0.347 e. The molecule has 0 radical (unpaired) electrons. The van der Waals surface area contributed by atoms with E-state index in [9.17, 15) is 9.59 Å². The van der Waals surface area contributed by atoms with Gasteiger partial charge in [-0.05, 0) is 19.9 Å². The lowest BCUT2D eigenvalue weighted by Gasteiger charge is -2.23. The summed E-state index contributed by atoms with van der Waals surface area (Å²) in [6.07, 6.45) is 3.26. The van der Waals surface area contributed by atoms with Gasteiger partial charge < -0.3 is 15.1 Å². The van der Waals surface area contributed by atoms with Crippen LogP contribution in [0, 0.1) is 6.92 Å².